The first-order chi connectivity index (χ1) is 11.2. The van der Waals surface area contributed by atoms with E-state index in [4.69, 9.17) is 0 Å². The van der Waals surface area contributed by atoms with Crippen LogP contribution in [0.5, 0.6) is 0 Å². The van der Waals surface area contributed by atoms with Crippen molar-refractivity contribution < 1.29 is 8.78 Å². The van der Waals surface area contributed by atoms with Crippen LogP contribution in [0.15, 0.2) is 60.7 Å². The van der Waals surface area contributed by atoms with E-state index >= 15 is 0 Å². The van der Waals surface area contributed by atoms with E-state index in [1.54, 1.807) is 0 Å². The maximum absolute atomic E-state index is 13.7. The van der Waals surface area contributed by atoms with Crippen molar-refractivity contribution in [3.05, 3.63) is 89.0 Å². The number of anilines is 1. The van der Waals surface area contributed by atoms with Crippen LogP contribution in [0.1, 0.15) is 16.7 Å². The van der Waals surface area contributed by atoms with E-state index in [0.717, 1.165) is 18.2 Å². The number of rotatable bonds is 3. The highest BCUT2D eigenvalue weighted by atomic mass is 19.1. The minimum Gasteiger partial charge on any atom is -0.381 e. The van der Waals surface area contributed by atoms with Crippen LogP contribution < -0.4 is 5.32 Å². The third kappa shape index (κ3) is 2.59. The smallest absolute Gasteiger partial charge is 0.131 e. The Labute approximate surface area is 133 Å². The van der Waals surface area contributed by atoms with Crippen LogP contribution in [0.2, 0.25) is 0 Å². The summed E-state index contributed by atoms with van der Waals surface area (Å²) in [5.74, 6) is -1.08. The Hall–Kier alpha value is -2.68. The maximum Gasteiger partial charge on any atom is 0.131 e. The molecule has 114 valence electrons. The molecule has 1 aliphatic carbocycles. The summed E-state index contributed by atoms with van der Waals surface area (Å²) in [5.41, 5.74) is 6.56. The van der Waals surface area contributed by atoms with Gasteiger partial charge >= 0.3 is 0 Å². The van der Waals surface area contributed by atoms with Crippen LogP contribution in [0.25, 0.3) is 11.1 Å². The minimum atomic E-state index is -0.554. The van der Waals surface area contributed by atoms with Gasteiger partial charge in [-0.25, -0.2) is 8.78 Å². The largest absolute Gasteiger partial charge is 0.381 e. The first-order valence-corrected chi connectivity index (χ1v) is 7.60. The molecule has 3 aromatic carbocycles. The Bertz CT molecular complexity index is 887. The first-order valence-electron chi connectivity index (χ1n) is 7.60. The van der Waals surface area contributed by atoms with Gasteiger partial charge in [0.05, 0.1) is 0 Å². The monoisotopic (exact) mass is 307 g/mol. The molecule has 1 nitrogen and oxygen atoms in total. The number of nitrogens with one attached hydrogen (secondary N) is 1. The summed E-state index contributed by atoms with van der Waals surface area (Å²) in [6.45, 7) is 0.331. The summed E-state index contributed by atoms with van der Waals surface area (Å²) < 4.78 is 26.6. The van der Waals surface area contributed by atoms with E-state index in [-0.39, 0.29) is 0 Å². The fourth-order valence-electron chi connectivity index (χ4n) is 3.12. The fraction of sp³-hybridized carbons (Fsp3) is 0.100. The lowest BCUT2D eigenvalue weighted by Gasteiger charge is -2.09. The van der Waals surface area contributed by atoms with Crippen molar-refractivity contribution in [2.75, 3.05) is 5.32 Å². The zero-order valence-corrected chi connectivity index (χ0v) is 12.4. The molecule has 1 aliphatic rings. The Morgan fingerprint density at radius 3 is 2.52 bits per heavy atom. The lowest BCUT2D eigenvalue weighted by Crippen LogP contribution is -2.02. The van der Waals surface area contributed by atoms with Gasteiger partial charge in [-0.1, -0.05) is 36.4 Å². The predicted molar refractivity (Wildman–Crippen MR) is 88.4 cm³/mol. The molecule has 3 aromatic rings. The van der Waals surface area contributed by atoms with E-state index < -0.39 is 11.6 Å². The van der Waals surface area contributed by atoms with Gasteiger partial charge in [0.25, 0.3) is 0 Å². The molecule has 0 amide bonds. The van der Waals surface area contributed by atoms with Crippen molar-refractivity contribution in [3.8, 4) is 11.1 Å². The van der Waals surface area contributed by atoms with E-state index in [1.165, 1.54) is 34.4 Å². The zero-order chi connectivity index (χ0) is 15.8. The van der Waals surface area contributed by atoms with Gasteiger partial charge in [0.2, 0.25) is 0 Å². The molecule has 0 spiro atoms. The summed E-state index contributed by atoms with van der Waals surface area (Å²) >= 11 is 0. The number of benzene rings is 3. The first kappa shape index (κ1) is 13.9. The molecule has 0 unspecified atom stereocenters. The van der Waals surface area contributed by atoms with Crippen LogP contribution in [-0.2, 0) is 13.0 Å². The highest BCUT2D eigenvalue weighted by molar-refractivity contribution is 5.78. The number of fused-ring (bicyclic) bond motifs is 3. The summed E-state index contributed by atoms with van der Waals surface area (Å²) in [5, 5.41) is 3.22. The van der Waals surface area contributed by atoms with Crippen LogP contribution >= 0.6 is 0 Å². The van der Waals surface area contributed by atoms with Crippen LogP contribution in [0, 0.1) is 11.6 Å². The van der Waals surface area contributed by atoms with Gasteiger partial charge < -0.3 is 5.32 Å². The van der Waals surface area contributed by atoms with Crippen molar-refractivity contribution >= 4 is 5.69 Å². The van der Waals surface area contributed by atoms with E-state index in [0.29, 0.717) is 12.1 Å². The van der Waals surface area contributed by atoms with Crippen LogP contribution in [0.4, 0.5) is 14.5 Å². The third-order valence-corrected chi connectivity index (χ3v) is 4.29. The summed E-state index contributed by atoms with van der Waals surface area (Å²) in [6, 6.07) is 18.3. The Morgan fingerprint density at radius 1 is 0.826 bits per heavy atom. The summed E-state index contributed by atoms with van der Waals surface area (Å²) in [7, 11) is 0. The molecule has 0 aromatic heterocycles. The number of hydrogen-bond acceptors (Lipinski definition) is 1. The molecule has 0 atom stereocenters. The molecule has 4 rings (SSSR count). The Morgan fingerprint density at radius 2 is 1.65 bits per heavy atom. The lowest BCUT2D eigenvalue weighted by atomic mass is 10.1. The van der Waals surface area contributed by atoms with Gasteiger partial charge in [0, 0.05) is 23.9 Å². The molecule has 3 heteroatoms. The van der Waals surface area contributed by atoms with Gasteiger partial charge in [0.15, 0.2) is 0 Å². The standard InChI is InChI=1S/C20H15F2N/c21-16-6-5-14(20(22)11-16)12-23-17-7-8-19-15(10-17)9-13-3-1-2-4-18(13)19/h1-8,10-11,23H,9,12H2. The molecular formula is C20H15F2N. The van der Waals surface area contributed by atoms with Crippen molar-refractivity contribution in [3.63, 3.8) is 0 Å². The van der Waals surface area contributed by atoms with Crippen LogP contribution in [-0.4, -0.2) is 0 Å². The quantitative estimate of drug-likeness (QED) is 0.552. The lowest BCUT2D eigenvalue weighted by molar-refractivity contribution is 0.574. The highest BCUT2D eigenvalue weighted by Crippen LogP contribution is 2.37. The van der Waals surface area contributed by atoms with Crippen molar-refractivity contribution in [2.24, 2.45) is 0 Å². The van der Waals surface area contributed by atoms with Crippen molar-refractivity contribution in [1.29, 1.82) is 0 Å². The average Bonchev–Trinajstić information content (AvgIpc) is 2.91. The van der Waals surface area contributed by atoms with Gasteiger partial charge in [0.1, 0.15) is 11.6 Å². The number of halogens is 2. The van der Waals surface area contributed by atoms with Crippen molar-refractivity contribution in [2.45, 2.75) is 13.0 Å². The minimum absolute atomic E-state index is 0.331. The van der Waals surface area contributed by atoms with E-state index in [9.17, 15) is 8.78 Å². The third-order valence-electron chi connectivity index (χ3n) is 4.29. The molecule has 0 heterocycles. The number of hydrogen-bond donors (Lipinski definition) is 1. The average molecular weight is 307 g/mol. The van der Waals surface area contributed by atoms with Gasteiger partial charge in [-0.05, 0) is 46.9 Å². The highest BCUT2D eigenvalue weighted by Gasteiger charge is 2.17. The second kappa shape index (κ2) is 5.51. The van der Waals surface area contributed by atoms with Gasteiger partial charge in [-0.15, -0.1) is 0 Å². The van der Waals surface area contributed by atoms with Gasteiger partial charge in [-0.2, -0.15) is 0 Å². The molecule has 0 saturated carbocycles. The second-order valence-electron chi connectivity index (χ2n) is 5.80. The Balaban J connectivity index is 1.55. The van der Waals surface area contributed by atoms with E-state index in [1.807, 2.05) is 6.07 Å². The van der Waals surface area contributed by atoms with Crippen molar-refractivity contribution in [1.82, 2.24) is 0 Å². The summed E-state index contributed by atoms with van der Waals surface area (Å²) in [6.07, 6.45) is 0.923. The molecule has 0 radical (unpaired) electrons. The second-order valence-corrected chi connectivity index (χ2v) is 5.80. The maximum atomic E-state index is 13.7. The molecule has 1 N–H and O–H groups in total. The van der Waals surface area contributed by atoms with Gasteiger partial charge in [-0.3, -0.25) is 0 Å². The normalized spacial score (nSPS) is 11.9. The fourth-order valence-corrected chi connectivity index (χ4v) is 3.12. The molecule has 0 fully saturated rings. The van der Waals surface area contributed by atoms with Crippen LogP contribution in [0.3, 0.4) is 0 Å². The summed E-state index contributed by atoms with van der Waals surface area (Å²) in [4.78, 5) is 0. The molecular weight excluding hydrogens is 292 g/mol. The predicted octanol–water partition coefficient (Wildman–Crippen LogP) is 5.15. The molecule has 0 bridgehead atoms. The topological polar surface area (TPSA) is 12.0 Å². The molecule has 0 aliphatic heterocycles. The van der Waals surface area contributed by atoms with E-state index in [2.05, 4.69) is 41.7 Å². The Kier molecular flexibility index (Phi) is 3.34. The zero-order valence-electron chi connectivity index (χ0n) is 12.4. The molecule has 0 saturated heterocycles. The molecule has 23 heavy (non-hydrogen) atoms. The SMILES string of the molecule is Fc1ccc(CNc2ccc3c(c2)Cc2ccccc2-3)c(F)c1.